The number of nitrogens with two attached hydrogens (primary N) is 1. The Morgan fingerprint density at radius 1 is 1.50 bits per heavy atom. The summed E-state index contributed by atoms with van der Waals surface area (Å²) < 4.78 is 4.96. The third-order valence-electron chi connectivity index (χ3n) is 1.34. The summed E-state index contributed by atoms with van der Waals surface area (Å²) in [6.07, 6.45) is 0.181. The van der Waals surface area contributed by atoms with Crippen molar-refractivity contribution >= 4 is 0 Å². The average molecular weight is 118 g/mol. The summed E-state index contributed by atoms with van der Waals surface area (Å²) in [7, 11) is 1.67. The lowest BCUT2D eigenvalue weighted by atomic mass is 10.2. The largest absolute Gasteiger partial charge is 0.380 e. The zero-order valence-corrected chi connectivity index (χ0v) is 5.64. The van der Waals surface area contributed by atoms with Gasteiger partial charge in [0.2, 0.25) is 0 Å². The van der Waals surface area contributed by atoms with Crippen molar-refractivity contribution in [3.8, 4) is 0 Å². The normalized spacial score (nSPS) is 18.0. The van der Waals surface area contributed by atoms with Crippen molar-refractivity contribution in [2.45, 2.75) is 26.0 Å². The Balaban J connectivity index is 3.29. The zero-order valence-electron chi connectivity index (χ0n) is 5.64. The van der Waals surface area contributed by atoms with Crippen LogP contribution in [0.3, 0.4) is 0 Å². The van der Waals surface area contributed by atoms with Crippen molar-refractivity contribution in [1.82, 2.24) is 5.43 Å². The first-order chi connectivity index (χ1) is 3.72. The molecule has 0 spiro atoms. The van der Waals surface area contributed by atoms with Gasteiger partial charge in [0.1, 0.15) is 0 Å². The molecule has 0 heterocycles. The molecule has 3 nitrogen and oxygen atoms in total. The first kappa shape index (κ1) is 7.88. The highest BCUT2D eigenvalue weighted by Crippen LogP contribution is 1.92. The standard InChI is InChI=1S/C5H14N2O/c1-4(7-6)5(2)8-3/h4-5,7H,6H2,1-3H3/t4-,5?/m0/s1. The molecule has 0 amide bonds. The van der Waals surface area contributed by atoms with Gasteiger partial charge < -0.3 is 4.74 Å². The van der Waals surface area contributed by atoms with Crippen molar-refractivity contribution in [3.63, 3.8) is 0 Å². The average Bonchev–Trinajstić information content (AvgIpc) is 1.84. The van der Waals surface area contributed by atoms with Crippen LogP contribution >= 0.6 is 0 Å². The predicted molar refractivity (Wildman–Crippen MR) is 33.3 cm³/mol. The minimum atomic E-state index is 0.181. The van der Waals surface area contributed by atoms with Crippen molar-refractivity contribution in [1.29, 1.82) is 0 Å². The van der Waals surface area contributed by atoms with Gasteiger partial charge in [0.05, 0.1) is 6.10 Å². The van der Waals surface area contributed by atoms with Crippen LogP contribution in [-0.2, 0) is 4.74 Å². The van der Waals surface area contributed by atoms with Crippen LogP contribution in [0, 0.1) is 0 Å². The Morgan fingerprint density at radius 2 is 2.00 bits per heavy atom. The molecule has 0 saturated carbocycles. The maximum Gasteiger partial charge on any atom is 0.0706 e. The van der Waals surface area contributed by atoms with Gasteiger partial charge in [-0.15, -0.1) is 0 Å². The van der Waals surface area contributed by atoms with E-state index in [-0.39, 0.29) is 12.1 Å². The maximum absolute atomic E-state index is 5.12. The molecule has 0 aromatic heterocycles. The molecular formula is C5H14N2O. The van der Waals surface area contributed by atoms with Gasteiger partial charge in [0.25, 0.3) is 0 Å². The quantitative estimate of drug-likeness (QED) is 0.401. The fourth-order valence-corrected chi connectivity index (χ4v) is 0.340. The van der Waals surface area contributed by atoms with E-state index < -0.39 is 0 Å². The van der Waals surface area contributed by atoms with Crippen LogP contribution in [0.1, 0.15) is 13.8 Å². The van der Waals surface area contributed by atoms with Gasteiger partial charge in [0.15, 0.2) is 0 Å². The van der Waals surface area contributed by atoms with Crippen LogP contribution in [0.4, 0.5) is 0 Å². The fraction of sp³-hybridized carbons (Fsp3) is 1.00. The van der Waals surface area contributed by atoms with E-state index in [1.165, 1.54) is 0 Å². The van der Waals surface area contributed by atoms with E-state index in [1.807, 2.05) is 13.8 Å². The van der Waals surface area contributed by atoms with Crippen molar-refractivity contribution in [2.75, 3.05) is 7.11 Å². The third kappa shape index (κ3) is 2.26. The van der Waals surface area contributed by atoms with Gasteiger partial charge in [-0.1, -0.05) is 0 Å². The summed E-state index contributed by atoms with van der Waals surface area (Å²) in [6, 6.07) is 0.222. The molecule has 2 atom stereocenters. The number of hydrogen-bond donors (Lipinski definition) is 2. The van der Waals surface area contributed by atoms with Gasteiger partial charge in [-0.2, -0.15) is 0 Å². The molecule has 0 aromatic carbocycles. The van der Waals surface area contributed by atoms with Crippen molar-refractivity contribution < 1.29 is 4.74 Å². The Bertz CT molecular complexity index is 50.4. The van der Waals surface area contributed by atoms with Gasteiger partial charge >= 0.3 is 0 Å². The molecule has 0 aliphatic carbocycles. The predicted octanol–water partition coefficient (Wildman–Crippen LogP) is -0.127. The van der Waals surface area contributed by atoms with Gasteiger partial charge in [-0.05, 0) is 13.8 Å². The second-order valence-corrected chi connectivity index (χ2v) is 1.90. The Morgan fingerprint density at radius 3 is 2.12 bits per heavy atom. The van der Waals surface area contributed by atoms with Gasteiger partial charge in [-0.25, -0.2) is 0 Å². The first-order valence-corrected chi connectivity index (χ1v) is 2.71. The Labute approximate surface area is 50.2 Å². The van der Waals surface area contributed by atoms with E-state index in [0.717, 1.165) is 0 Å². The highest BCUT2D eigenvalue weighted by Gasteiger charge is 2.06. The molecule has 0 aliphatic rings. The number of hydrazine groups is 1. The van der Waals surface area contributed by atoms with E-state index in [4.69, 9.17) is 10.6 Å². The summed E-state index contributed by atoms with van der Waals surface area (Å²) in [5.74, 6) is 5.12. The van der Waals surface area contributed by atoms with Crippen molar-refractivity contribution in [3.05, 3.63) is 0 Å². The van der Waals surface area contributed by atoms with E-state index in [1.54, 1.807) is 7.11 Å². The first-order valence-electron chi connectivity index (χ1n) is 2.71. The van der Waals surface area contributed by atoms with Gasteiger partial charge in [-0.3, -0.25) is 11.3 Å². The lowest BCUT2D eigenvalue weighted by Crippen LogP contribution is -2.40. The minimum absolute atomic E-state index is 0.181. The molecule has 3 N–H and O–H groups in total. The van der Waals surface area contributed by atoms with Crippen LogP contribution in [0.25, 0.3) is 0 Å². The molecule has 0 fully saturated rings. The summed E-state index contributed by atoms with van der Waals surface area (Å²) in [5, 5.41) is 0. The van der Waals surface area contributed by atoms with Crippen LogP contribution in [-0.4, -0.2) is 19.3 Å². The maximum atomic E-state index is 5.12. The fourth-order valence-electron chi connectivity index (χ4n) is 0.340. The van der Waals surface area contributed by atoms with E-state index in [2.05, 4.69) is 5.43 Å². The number of rotatable bonds is 3. The monoisotopic (exact) mass is 118 g/mol. The number of nitrogens with one attached hydrogen (secondary N) is 1. The summed E-state index contributed by atoms with van der Waals surface area (Å²) in [6.45, 7) is 3.93. The molecule has 3 heteroatoms. The second-order valence-electron chi connectivity index (χ2n) is 1.90. The molecule has 8 heavy (non-hydrogen) atoms. The summed E-state index contributed by atoms with van der Waals surface area (Å²) in [5.41, 5.74) is 2.59. The number of hydrogen-bond acceptors (Lipinski definition) is 3. The molecule has 0 radical (unpaired) electrons. The van der Waals surface area contributed by atoms with Crippen LogP contribution in [0.5, 0.6) is 0 Å². The smallest absolute Gasteiger partial charge is 0.0706 e. The van der Waals surface area contributed by atoms with E-state index in [0.29, 0.717) is 0 Å². The van der Waals surface area contributed by atoms with Crippen LogP contribution in [0.2, 0.25) is 0 Å². The lowest BCUT2D eigenvalue weighted by Gasteiger charge is -2.16. The van der Waals surface area contributed by atoms with Crippen LogP contribution < -0.4 is 11.3 Å². The van der Waals surface area contributed by atoms with Crippen LogP contribution in [0.15, 0.2) is 0 Å². The topological polar surface area (TPSA) is 47.3 Å². The number of ether oxygens (including phenoxy) is 1. The summed E-state index contributed by atoms with van der Waals surface area (Å²) >= 11 is 0. The Hall–Kier alpha value is -0.120. The second kappa shape index (κ2) is 3.83. The molecule has 0 bridgehead atoms. The minimum Gasteiger partial charge on any atom is -0.380 e. The molecular weight excluding hydrogens is 104 g/mol. The zero-order chi connectivity index (χ0) is 6.57. The molecule has 1 unspecified atom stereocenters. The molecule has 0 aliphatic heterocycles. The van der Waals surface area contributed by atoms with E-state index in [9.17, 15) is 0 Å². The molecule has 0 rings (SSSR count). The third-order valence-corrected chi connectivity index (χ3v) is 1.34. The van der Waals surface area contributed by atoms with E-state index >= 15 is 0 Å². The highest BCUT2D eigenvalue weighted by molar-refractivity contribution is 4.62. The highest BCUT2D eigenvalue weighted by atomic mass is 16.5. The Kier molecular flexibility index (Phi) is 3.77. The summed E-state index contributed by atoms with van der Waals surface area (Å²) in [4.78, 5) is 0. The van der Waals surface area contributed by atoms with Crippen molar-refractivity contribution in [2.24, 2.45) is 5.84 Å². The number of methoxy groups -OCH3 is 1. The molecule has 0 saturated heterocycles. The SMILES string of the molecule is COC(C)[C@H](C)NN. The molecule has 50 valence electrons. The lowest BCUT2D eigenvalue weighted by molar-refractivity contribution is 0.0890. The van der Waals surface area contributed by atoms with Gasteiger partial charge in [0, 0.05) is 13.2 Å². The molecule has 0 aromatic rings.